The Kier molecular flexibility index (Phi) is 7.92. The van der Waals surface area contributed by atoms with Crippen LogP contribution in [0.1, 0.15) is 18.1 Å². The van der Waals surface area contributed by atoms with E-state index in [1.165, 1.54) is 22.8 Å². The molecule has 0 fully saturated rings. The second kappa shape index (κ2) is 11.3. The summed E-state index contributed by atoms with van der Waals surface area (Å²) in [6.45, 7) is 2.36. The van der Waals surface area contributed by atoms with Gasteiger partial charge in [0.15, 0.2) is 5.16 Å². The van der Waals surface area contributed by atoms with Crippen molar-refractivity contribution in [3.05, 3.63) is 94.3 Å². The number of thioether (sulfide) groups is 1. The van der Waals surface area contributed by atoms with E-state index in [1.54, 1.807) is 48.5 Å². The molecule has 4 aromatic rings. The molecule has 0 bridgehead atoms. The van der Waals surface area contributed by atoms with Gasteiger partial charge in [-0.2, -0.15) is 18.3 Å². The molecule has 1 N–H and O–H groups in total. The normalized spacial score (nSPS) is 11.7. The first-order valence-corrected chi connectivity index (χ1v) is 12.1. The molecule has 190 valence electrons. The molecule has 11 heteroatoms. The van der Waals surface area contributed by atoms with Gasteiger partial charge in [-0.1, -0.05) is 42.1 Å². The molecule has 1 aromatic heterocycles. The predicted octanol–water partition coefficient (Wildman–Crippen LogP) is 5.05. The summed E-state index contributed by atoms with van der Waals surface area (Å²) in [6.07, 6.45) is -3.61. The summed E-state index contributed by atoms with van der Waals surface area (Å²) in [5.41, 5.74) is 1.89. The van der Waals surface area contributed by atoms with Gasteiger partial charge in [0.25, 0.3) is 11.5 Å². The molecular formula is C26H21F3N4O3S. The van der Waals surface area contributed by atoms with Crippen molar-refractivity contribution in [2.45, 2.75) is 18.3 Å². The largest absolute Gasteiger partial charge is 0.494 e. The minimum absolute atomic E-state index is 0.177. The average molecular weight is 527 g/mol. The van der Waals surface area contributed by atoms with Crippen molar-refractivity contribution in [3.63, 3.8) is 0 Å². The van der Waals surface area contributed by atoms with E-state index in [0.717, 1.165) is 24.0 Å². The average Bonchev–Trinajstić information content (AvgIpc) is 2.88. The highest BCUT2D eigenvalue weighted by molar-refractivity contribution is 7.99. The van der Waals surface area contributed by atoms with Gasteiger partial charge in [0, 0.05) is 5.56 Å². The number of carbonyl (C=O) groups excluding carboxylic acids is 1. The molecule has 0 aliphatic rings. The van der Waals surface area contributed by atoms with Gasteiger partial charge in [0.05, 0.1) is 40.7 Å². The molecule has 4 rings (SSSR count). The van der Waals surface area contributed by atoms with E-state index in [2.05, 4.69) is 15.5 Å². The molecule has 7 nitrogen and oxygen atoms in total. The summed E-state index contributed by atoms with van der Waals surface area (Å²) in [7, 11) is 0. The molecule has 1 heterocycles. The number of rotatable bonds is 8. The van der Waals surface area contributed by atoms with Gasteiger partial charge in [0.2, 0.25) is 0 Å². The molecule has 0 saturated carbocycles. The lowest BCUT2D eigenvalue weighted by Gasteiger charge is -2.13. The summed E-state index contributed by atoms with van der Waals surface area (Å²) in [6, 6.07) is 18.7. The summed E-state index contributed by atoms with van der Waals surface area (Å²) in [4.78, 5) is 30.3. The Labute approximate surface area is 214 Å². The molecule has 0 aliphatic carbocycles. The fourth-order valence-corrected chi connectivity index (χ4v) is 4.30. The van der Waals surface area contributed by atoms with Crippen LogP contribution in [0.4, 0.5) is 13.2 Å². The number of hydrogen-bond acceptors (Lipinski definition) is 6. The van der Waals surface area contributed by atoms with Crippen molar-refractivity contribution >= 4 is 34.8 Å². The third-order valence-electron chi connectivity index (χ3n) is 5.14. The molecular weight excluding hydrogens is 505 g/mol. The van der Waals surface area contributed by atoms with Crippen LogP contribution in [0.25, 0.3) is 16.6 Å². The van der Waals surface area contributed by atoms with Crippen LogP contribution in [0.15, 0.2) is 87.8 Å². The molecule has 0 spiro atoms. The number of hydrazone groups is 1. The molecule has 0 aliphatic heterocycles. The monoisotopic (exact) mass is 526 g/mol. The van der Waals surface area contributed by atoms with Crippen molar-refractivity contribution in [2.75, 3.05) is 12.4 Å². The van der Waals surface area contributed by atoms with Crippen molar-refractivity contribution < 1.29 is 22.7 Å². The van der Waals surface area contributed by atoms with Gasteiger partial charge in [0.1, 0.15) is 5.75 Å². The number of amides is 1. The number of benzene rings is 3. The maximum atomic E-state index is 13.3. The number of alkyl halides is 3. The predicted molar refractivity (Wildman–Crippen MR) is 136 cm³/mol. The van der Waals surface area contributed by atoms with Gasteiger partial charge in [-0.3, -0.25) is 14.2 Å². The third kappa shape index (κ3) is 6.18. The number of aromatic nitrogens is 2. The second-order valence-corrected chi connectivity index (χ2v) is 8.59. The lowest BCUT2D eigenvalue weighted by atomic mass is 10.1. The van der Waals surface area contributed by atoms with E-state index in [1.807, 2.05) is 6.92 Å². The Balaban J connectivity index is 1.55. The highest BCUT2D eigenvalue weighted by atomic mass is 32.2. The number of para-hydroxylation sites is 1. The van der Waals surface area contributed by atoms with E-state index in [9.17, 15) is 22.8 Å². The first-order valence-electron chi connectivity index (χ1n) is 11.1. The van der Waals surface area contributed by atoms with Crippen LogP contribution in [-0.2, 0) is 11.0 Å². The smallest absolute Gasteiger partial charge is 0.417 e. The molecule has 0 saturated heterocycles. The number of nitrogens with one attached hydrogen (secondary N) is 1. The van der Waals surface area contributed by atoms with Crippen LogP contribution in [0.5, 0.6) is 5.75 Å². The minimum atomic E-state index is -4.55. The number of fused-ring (bicyclic) bond motifs is 1. The van der Waals surface area contributed by atoms with Crippen LogP contribution in [0.2, 0.25) is 0 Å². The molecule has 3 aromatic carbocycles. The zero-order valence-electron chi connectivity index (χ0n) is 19.5. The first kappa shape index (κ1) is 26.0. The fraction of sp³-hybridized carbons (Fsp3) is 0.154. The van der Waals surface area contributed by atoms with Crippen LogP contribution >= 0.6 is 11.8 Å². The van der Waals surface area contributed by atoms with Crippen LogP contribution < -0.4 is 15.7 Å². The summed E-state index contributed by atoms with van der Waals surface area (Å²) in [5, 5.41) is 4.35. The third-order valence-corrected chi connectivity index (χ3v) is 6.08. The van der Waals surface area contributed by atoms with E-state index < -0.39 is 17.6 Å². The molecule has 0 atom stereocenters. The van der Waals surface area contributed by atoms with Gasteiger partial charge in [-0.15, -0.1) is 0 Å². The van der Waals surface area contributed by atoms with E-state index >= 15 is 0 Å². The fourth-order valence-electron chi connectivity index (χ4n) is 3.50. The highest BCUT2D eigenvalue weighted by Crippen LogP contribution is 2.31. The molecule has 0 unspecified atom stereocenters. The lowest BCUT2D eigenvalue weighted by molar-refractivity contribution is -0.137. The maximum absolute atomic E-state index is 13.3. The Hall–Kier alpha value is -4.12. The summed E-state index contributed by atoms with van der Waals surface area (Å²) < 4.78 is 46.3. The van der Waals surface area contributed by atoms with Crippen molar-refractivity contribution in [3.8, 4) is 11.4 Å². The molecule has 1 amide bonds. The topological polar surface area (TPSA) is 85.6 Å². The quantitative estimate of drug-likeness (QED) is 0.150. The van der Waals surface area contributed by atoms with Crippen LogP contribution in [0, 0.1) is 0 Å². The number of nitrogens with zero attached hydrogens (tertiary/aromatic N) is 3. The van der Waals surface area contributed by atoms with Crippen molar-refractivity contribution in [1.29, 1.82) is 0 Å². The van der Waals surface area contributed by atoms with Gasteiger partial charge in [-0.05, 0) is 49.4 Å². The van der Waals surface area contributed by atoms with Gasteiger partial charge >= 0.3 is 6.18 Å². The van der Waals surface area contributed by atoms with Crippen LogP contribution in [-0.4, -0.2) is 34.0 Å². The van der Waals surface area contributed by atoms with Crippen molar-refractivity contribution in [2.24, 2.45) is 5.10 Å². The summed E-state index contributed by atoms with van der Waals surface area (Å²) in [5.74, 6) is -0.113. The van der Waals surface area contributed by atoms with E-state index in [-0.39, 0.29) is 22.0 Å². The Morgan fingerprint density at radius 3 is 2.51 bits per heavy atom. The summed E-state index contributed by atoms with van der Waals surface area (Å²) >= 11 is 1.00. The minimum Gasteiger partial charge on any atom is -0.494 e. The van der Waals surface area contributed by atoms with Crippen LogP contribution in [0.3, 0.4) is 0 Å². The maximum Gasteiger partial charge on any atom is 0.417 e. The number of hydrogen-bond donors (Lipinski definition) is 1. The number of carbonyl (C=O) groups is 1. The SMILES string of the molecule is CCOc1ccc(-n2c(SCC(=O)NN=Cc3ccccc3C(F)(F)F)nc3ccccc3c2=O)cc1. The van der Waals surface area contributed by atoms with Crippen molar-refractivity contribution in [1.82, 2.24) is 15.0 Å². The Bertz CT molecular complexity index is 1500. The Morgan fingerprint density at radius 1 is 1.08 bits per heavy atom. The van der Waals surface area contributed by atoms with Gasteiger partial charge in [-0.25, -0.2) is 10.4 Å². The van der Waals surface area contributed by atoms with E-state index in [0.29, 0.717) is 28.9 Å². The Morgan fingerprint density at radius 2 is 1.78 bits per heavy atom. The van der Waals surface area contributed by atoms with Gasteiger partial charge < -0.3 is 4.74 Å². The second-order valence-electron chi connectivity index (χ2n) is 7.65. The molecule has 37 heavy (non-hydrogen) atoms. The number of ether oxygens (including phenoxy) is 1. The number of halogens is 3. The lowest BCUT2D eigenvalue weighted by Crippen LogP contribution is -2.24. The first-order chi connectivity index (χ1) is 17.8. The zero-order chi connectivity index (χ0) is 26.4. The highest BCUT2D eigenvalue weighted by Gasteiger charge is 2.32. The standard InChI is InChI=1S/C26H21F3N4O3S/c1-2-36-19-13-11-18(12-14-19)33-24(35)20-8-4-6-10-22(20)31-25(33)37-16-23(34)32-30-15-17-7-3-5-9-21(17)26(27,28)29/h3-15H,2,16H2,1H3,(H,32,34). The molecule has 0 radical (unpaired) electrons. The van der Waals surface area contributed by atoms with E-state index in [4.69, 9.17) is 4.74 Å². The zero-order valence-corrected chi connectivity index (χ0v) is 20.3.